The Morgan fingerprint density at radius 3 is 2.98 bits per heavy atom. The van der Waals surface area contributed by atoms with E-state index in [4.69, 9.17) is 10.7 Å². The van der Waals surface area contributed by atoms with Crippen LogP contribution in [0.15, 0.2) is 59.0 Å². The summed E-state index contributed by atoms with van der Waals surface area (Å²) in [5.74, 6) is 6.38. The fourth-order valence-electron chi connectivity index (χ4n) is 4.74. The highest BCUT2D eigenvalue weighted by atomic mass is 32.2. The molecule has 12 nitrogen and oxygen atoms in total. The maximum absolute atomic E-state index is 14.1. The summed E-state index contributed by atoms with van der Waals surface area (Å²) in [5.41, 5.74) is 8.27. The molecule has 4 N–H and O–H groups in total. The molecule has 5 aromatic rings. The van der Waals surface area contributed by atoms with Crippen LogP contribution in [0.25, 0.3) is 16.6 Å². The van der Waals surface area contributed by atoms with Gasteiger partial charge in [0.2, 0.25) is 0 Å². The lowest BCUT2D eigenvalue weighted by Gasteiger charge is -2.20. The minimum atomic E-state index is -0.651. The number of aryl methyl sites for hydroxylation is 1. The number of H-pyrrole nitrogens is 1. The van der Waals surface area contributed by atoms with Crippen LogP contribution in [-0.4, -0.2) is 56.9 Å². The van der Waals surface area contributed by atoms with E-state index in [2.05, 4.69) is 42.2 Å². The molecule has 1 amide bonds. The molecule has 13 heteroatoms. The van der Waals surface area contributed by atoms with Crippen LogP contribution in [0.2, 0.25) is 0 Å². The standard InChI is InChI=1S/C28H26N10O2S/c1-16(34-27(39)23-24(29)36-38-11-4-10-31-26(23)38)25-35-21-6-3-5-18(7-8-20-14-32-17(2)41-20)22(21)28(40)37(25)12-9-19-13-30-15-33-19/h3-6,10-11,13-17,20H,9,12H2,1-2H3,(H2,29,36)(H,30,33)(H,34,39). The number of imidazole rings is 1. The van der Waals surface area contributed by atoms with Crippen LogP contribution in [0.1, 0.15) is 47.3 Å². The molecule has 0 spiro atoms. The Morgan fingerprint density at radius 2 is 2.20 bits per heavy atom. The number of amides is 1. The summed E-state index contributed by atoms with van der Waals surface area (Å²) in [4.78, 5) is 48.1. The summed E-state index contributed by atoms with van der Waals surface area (Å²) < 4.78 is 3.04. The van der Waals surface area contributed by atoms with Crippen molar-refractivity contribution in [1.29, 1.82) is 0 Å². The van der Waals surface area contributed by atoms with E-state index in [-0.39, 0.29) is 27.6 Å². The Bertz CT molecular complexity index is 1920. The zero-order valence-electron chi connectivity index (χ0n) is 22.3. The van der Waals surface area contributed by atoms with Gasteiger partial charge in [0.1, 0.15) is 16.6 Å². The van der Waals surface area contributed by atoms with Gasteiger partial charge in [-0.15, -0.1) is 16.9 Å². The van der Waals surface area contributed by atoms with Crippen LogP contribution in [0.5, 0.6) is 0 Å². The fourth-order valence-corrected chi connectivity index (χ4v) is 5.57. The number of aromatic amines is 1. The van der Waals surface area contributed by atoms with Crippen molar-refractivity contribution in [2.24, 2.45) is 4.99 Å². The van der Waals surface area contributed by atoms with Crippen molar-refractivity contribution >= 4 is 46.3 Å². The number of fused-ring (bicyclic) bond motifs is 2. The molecule has 0 radical (unpaired) electrons. The molecule has 6 rings (SSSR count). The summed E-state index contributed by atoms with van der Waals surface area (Å²) in [5, 5.41) is 7.66. The van der Waals surface area contributed by atoms with Crippen LogP contribution in [-0.2, 0) is 13.0 Å². The number of nitrogens with one attached hydrogen (secondary N) is 2. The van der Waals surface area contributed by atoms with Crippen molar-refractivity contribution < 1.29 is 4.79 Å². The summed E-state index contributed by atoms with van der Waals surface area (Å²) in [7, 11) is 0. The largest absolute Gasteiger partial charge is 0.381 e. The van der Waals surface area contributed by atoms with Crippen molar-refractivity contribution in [3.05, 3.63) is 82.2 Å². The van der Waals surface area contributed by atoms with Crippen molar-refractivity contribution in [3.63, 3.8) is 0 Å². The van der Waals surface area contributed by atoms with Crippen molar-refractivity contribution in [3.8, 4) is 11.8 Å². The lowest BCUT2D eigenvalue weighted by atomic mass is 10.1. The quantitative estimate of drug-likeness (QED) is 0.264. The third-order valence-electron chi connectivity index (χ3n) is 6.68. The Balaban J connectivity index is 1.40. The van der Waals surface area contributed by atoms with Crippen LogP contribution in [0, 0.1) is 11.8 Å². The van der Waals surface area contributed by atoms with Crippen LogP contribution in [0.4, 0.5) is 5.82 Å². The molecule has 0 aliphatic carbocycles. The number of aromatic nitrogens is 7. The monoisotopic (exact) mass is 566 g/mol. The van der Waals surface area contributed by atoms with Gasteiger partial charge in [-0.05, 0) is 32.0 Å². The predicted molar refractivity (Wildman–Crippen MR) is 158 cm³/mol. The number of anilines is 1. The maximum atomic E-state index is 14.1. The summed E-state index contributed by atoms with van der Waals surface area (Å²) in [6, 6.07) is 6.47. The minimum absolute atomic E-state index is 0.0350. The van der Waals surface area contributed by atoms with Crippen molar-refractivity contribution in [2.75, 3.05) is 5.73 Å². The van der Waals surface area contributed by atoms with Gasteiger partial charge in [-0.3, -0.25) is 19.1 Å². The van der Waals surface area contributed by atoms with Gasteiger partial charge >= 0.3 is 0 Å². The van der Waals surface area contributed by atoms with Gasteiger partial charge in [-0.1, -0.05) is 17.9 Å². The average Bonchev–Trinajstić information content (AvgIpc) is 3.70. The molecular formula is C28H26N10O2S. The Morgan fingerprint density at radius 1 is 1.32 bits per heavy atom. The first-order chi connectivity index (χ1) is 19.9. The summed E-state index contributed by atoms with van der Waals surface area (Å²) in [6.07, 6.45) is 8.87. The number of nitrogens with zero attached hydrogens (tertiary/aromatic N) is 7. The van der Waals surface area contributed by atoms with Gasteiger partial charge < -0.3 is 16.0 Å². The molecule has 0 saturated carbocycles. The number of aliphatic imine (C=N–C) groups is 1. The molecule has 0 fully saturated rings. The topological polar surface area (TPSA) is 161 Å². The molecule has 1 aliphatic heterocycles. The Kier molecular flexibility index (Phi) is 6.98. The van der Waals surface area contributed by atoms with Crippen LogP contribution in [0.3, 0.4) is 0 Å². The van der Waals surface area contributed by atoms with Crippen LogP contribution < -0.4 is 16.6 Å². The van der Waals surface area contributed by atoms with Gasteiger partial charge in [-0.25, -0.2) is 19.5 Å². The number of carbonyl (C=O) groups excluding carboxylic acids is 1. The number of nitrogen functional groups attached to an aromatic ring is 1. The number of hydrogen-bond acceptors (Lipinski definition) is 9. The van der Waals surface area contributed by atoms with Gasteiger partial charge in [0, 0.05) is 49.0 Å². The summed E-state index contributed by atoms with van der Waals surface area (Å²) in [6.45, 7) is 4.10. The van der Waals surface area contributed by atoms with E-state index in [1.807, 2.05) is 25.3 Å². The third-order valence-corrected chi connectivity index (χ3v) is 7.73. The zero-order chi connectivity index (χ0) is 28.5. The van der Waals surface area contributed by atoms with Crippen LogP contribution >= 0.6 is 11.8 Å². The second kappa shape index (κ2) is 10.9. The highest BCUT2D eigenvalue weighted by Gasteiger charge is 2.24. The molecule has 4 aromatic heterocycles. The molecule has 1 aliphatic rings. The molecule has 206 valence electrons. The number of thioether (sulfide) groups is 1. The van der Waals surface area contributed by atoms with E-state index in [1.165, 1.54) is 4.52 Å². The first-order valence-corrected chi connectivity index (χ1v) is 13.9. The molecular weight excluding hydrogens is 540 g/mol. The average molecular weight is 567 g/mol. The van der Waals surface area contributed by atoms with E-state index in [0.717, 1.165) is 5.69 Å². The molecule has 3 atom stereocenters. The lowest BCUT2D eigenvalue weighted by molar-refractivity contribution is 0.0939. The minimum Gasteiger partial charge on any atom is -0.381 e. The Labute approximate surface area is 238 Å². The van der Waals surface area contributed by atoms with Crippen molar-refractivity contribution in [2.45, 2.75) is 43.5 Å². The van der Waals surface area contributed by atoms with Gasteiger partial charge in [-0.2, -0.15) is 0 Å². The third kappa shape index (κ3) is 5.17. The van der Waals surface area contributed by atoms with E-state index >= 15 is 0 Å². The normalized spacial score (nSPS) is 17.0. The molecule has 0 saturated heterocycles. The first kappa shape index (κ1) is 26.3. The number of nitrogens with two attached hydrogens (primary N) is 1. The lowest BCUT2D eigenvalue weighted by Crippen LogP contribution is -2.34. The first-order valence-electron chi connectivity index (χ1n) is 13.0. The van der Waals surface area contributed by atoms with Gasteiger partial charge in [0.05, 0.1) is 28.6 Å². The fraction of sp³-hybridized carbons (Fsp3) is 0.250. The van der Waals surface area contributed by atoms with Gasteiger partial charge in [0.15, 0.2) is 11.5 Å². The SMILES string of the molecule is CC1N=CC(C#Cc2cccc3nc(C(C)NC(=O)c4c(N)nn5cccnc45)n(CCc4cnc[nH]4)c(=O)c23)S1. The molecule has 5 heterocycles. The second-order valence-electron chi connectivity index (χ2n) is 9.52. The van der Waals surface area contributed by atoms with Gasteiger partial charge in [0.25, 0.3) is 11.5 Å². The smallest absolute Gasteiger partial charge is 0.262 e. The number of hydrogen-bond donors (Lipinski definition) is 3. The second-order valence-corrected chi connectivity index (χ2v) is 11.0. The highest BCUT2D eigenvalue weighted by Crippen LogP contribution is 2.24. The Hall–Kier alpha value is -4.96. The summed E-state index contributed by atoms with van der Waals surface area (Å²) >= 11 is 1.65. The van der Waals surface area contributed by atoms with E-state index < -0.39 is 11.9 Å². The maximum Gasteiger partial charge on any atom is 0.262 e. The van der Waals surface area contributed by atoms with E-state index in [0.29, 0.717) is 40.9 Å². The highest BCUT2D eigenvalue weighted by molar-refractivity contribution is 8.01. The predicted octanol–water partition coefficient (Wildman–Crippen LogP) is 2.36. The number of carbonyl (C=O) groups is 1. The number of benzene rings is 1. The molecule has 3 unspecified atom stereocenters. The number of rotatable bonds is 6. The molecule has 1 aromatic carbocycles. The zero-order valence-corrected chi connectivity index (χ0v) is 23.1. The van der Waals surface area contributed by atoms with Crippen molar-refractivity contribution in [1.82, 2.24) is 39.4 Å². The van der Waals surface area contributed by atoms with E-state index in [1.54, 1.807) is 60.3 Å². The van der Waals surface area contributed by atoms with E-state index in [9.17, 15) is 9.59 Å². The molecule has 41 heavy (non-hydrogen) atoms. The molecule has 0 bridgehead atoms.